The van der Waals surface area contributed by atoms with E-state index in [9.17, 15) is 0 Å². The Labute approximate surface area is 368 Å². The van der Waals surface area contributed by atoms with Crippen molar-refractivity contribution in [1.82, 2.24) is 14.3 Å². The van der Waals surface area contributed by atoms with Crippen LogP contribution in [-0.4, -0.2) is 39.9 Å². The Kier molecular flexibility index (Phi) is 18.6. The zero-order valence-electron chi connectivity index (χ0n) is 37.8. The lowest BCUT2D eigenvalue weighted by Gasteiger charge is -2.18. The van der Waals surface area contributed by atoms with Gasteiger partial charge in [-0.3, -0.25) is 4.99 Å². The lowest BCUT2D eigenvalue weighted by molar-refractivity contribution is 0.194. The van der Waals surface area contributed by atoms with Gasteiger partial charge in [0, 0.05) is 22.9 Å². The van der Waals surface area contributed by atoms with E-state index in [1.54, 1.807) is 23.1 Å². The Balaban J connectivity index is 1.43. The van der Waals surface area contributed by atoms with Gasteiger partial charge < -0.3 is 19.8 Å². The molecule has 0 atom stereocenters. The van der Waals surface area contributed by atoms with E-state index in [2.05, 4.69) is 114 Å². The number of aromatic nitrogens is 3. The monoisotopic (exact) mass is 854 g/mol. The summed E-state index contributed by atoms with van der Waals surface area (Å²) in [6, 6.07) is 21.1. The lowest BCUT2D eigenvalue weighted by Crippen LogP contribution is -2.17. The number of hydrogen-bond donors (Lipinski definition) is 1. The van der Waals surface area contributed by atoms with Gasteiger partial charge in [-0.1, -0.05) is 154 Å². The molecule has 0 spiro atoms. The van der Waals surface area contributed by atoms with Crippen molar-refractivity contribution >= 4 is 50.5 Å². The molecule has 60 heavy (non-hydrogen) atoms. The molecule has 326 valence electrons. The maximum atomic E-state index is 6.98. The number of unbranched alkanes of at least 4 members (excludes halogenated alkanes) is 10. The summed E-state index contributed by atoms with van der Waals surface area (Å²) in [5, 5.41) is 14.9. The second-order valence-corrected chi connectivity index (χ2v) is 19.0. The number of nitrogens with two attached hydrogens (primary N) is 1. The number of azo groups is 1. The van der Waals surface area contributed by atoms with Crippen LogP contribution in [0.3, 0.4) is 0 Å². The predicted octanol–water partition coefficient (Wildman–Crippen LogP) is 14.5. The van der Waals surface area contributed by atoms with Crippen molar-refractivity contribution in [3.05, 3.63) is 76.7 Å². The highest BCUT2D eigenvalue weighted by Gasteiger charge is 2.28. The molecular formula is C49H71N7O2S2. The fraction of sp³-hybridized carbons (Fsp3) is 0.551. The standard InChI is InChI=1S/C49H71N7O2S2/c1-9-13-15-16-17-18-19-20-21-25-31-59-38-28-29-40(43(32-38)57-8)56-47(50)45(46(54-56)49(5,6)7)53-52-39-33-44-41(34-42(39)58-37(11-3)12-4)55(35-36-26-23-22-24-27-36)48(60-44)51-30-14-10-2/h22-24,26-29,32-34,37H,9-21,25,30-31,35,50H2,1-8H3. The van der Waals surface area contributed by atoms with Crippen LogP contribution in [0.5, 0.6) is 11.5 Å². The third-order valence-electron chi connectivity index (χ3n) is 10.9. The second-order valence-electron chi connectivity index (χ2n) is 16.8. The van der Waals surface area contributed by atoms with E-state index in [-0.39, 0.29) is 11.5 Å². The van der Waals surface area contributed by atoms with Crippen molar-refractivity contribution in [3.63, 3.8) is 0 Å². The molecule has 0 bridgehead atoms. The van der Waals surface area contributed by atoms with E-state index in [0.717, 1.165) is 64.4 Å². The number of thiazole rings is 1. The van der Waals surface area contributed by atoms with Crippen molar-refractivity contribution in [1.29, 1.82) is 0 Å². The van der Waals surface area contributed by atoms with E-state index >= 15 is 0 Å². The highest BCUT2D eigenvalue weighted by molar-refractivity contribution is 7.99. The number of nitrogen functional groups attached to an aromatic ring is 1. The van der Waals surface area contributed by atoms with Gasteiger partial charge in [-0.25, -0.2) is 4.68 Å². The summed E-state index contributed by atoms with van der Waals surface area (Å²) in [6.45, 7) is 16.7. The third kappa shape index (κ3) is 13.0. The van der Waals surface area contributed by atoms with Crippen molar-refractivity contribution < 1.29 is 9.47 Å². The molecule has 9 nitrogen and oxygen atoms in total. The first-order chi connectivity index (χ1) is 29.1. The first-order valence-corrected chi connectivity index (χ1v) is 24.4. The van der Waals surface area contributed by atoms with Crippen LogP contribution >= 0.6 is 23.1 Å². The molecule has 2 heterocycles. The minimum atomic E-state index is -0.365. The highest BCUT2D eigenvalue weighted by Crippen LogP contribution is 2.42. The molecule has 2 N–H and O–H groups in total. The molecule has 2 aromatic heterocycles. The van der Waals surface area contributed by atoms with Crippen molar-refractivity contribution in [2.75, 3.05) is 25.1 Å². The first-order valence-electron chi connectivity index (χ1n) is 22.6. The molecule has 5 aromatic rings. The summed E-state index contributed by atoms with van der Waals surface area (Å²) in [5.41, 5.74) is 11.6. The average molecular weight is 854 g/mol. The molecule has 5 rings (SSSR count). The van der Waals surface area contributed by atoms with Gasteiger partial charge in [-0.05, 0) is 61.3 Å². The Morgan fingerprint density at radius 3 is 2.13 bits per heavy atom. The van der Waals surface area contributed by atoms with Gasteiger partial charge in [-0.2, -0.15) is 5.10 Å². The number of anilines is 1. The van der Waals surface area contributed by atoms with Crippen LogP contribution in [0.15, 0.2) is 80.8 Å². The van der Waals surface area contributed by atoms with E-state index in [0.29, 0.717) is 35.2 Å². The number of rotatable bonds is 25. The number of fused-ring (bicyclic) bond motifs is 1. The Morgan fingerprint density at radius 2 is 1.48 bits per heavy atom. The topological polar surface area (TPSA) is 104 Å². The molecule has 3 aromatic carbocycles. The zero-order chi connectivity index (χ0) is 42.9. The fourth-order valence-electron chi connectivity index (χ4n) is 7.28. The van der Waals surface area contributed by atoms with Gasteiger partial charge in [0.2, 0.25) is 0 Å². The summed E-state index contributed by atoms with van der Waals surface area (Å²) in [5.74, 6) is 2.90. The summed E-state index contributed by atoms with van der Waals surface area (Å²) < 4.78 is 17.8. The van der Waals surface area contributed by atoms with Crippen LogP contribution in [0.1, 0.15) is 150 Å². The van der Waals surface area contributed by atoms with Gasteiger partial charge in [0.25, 0.3) is 0 Å². The molecule has 11 heteroatoms. The van der Waals surface area contributed by atoms with Gasteiger partial charge in [0.1, 0.15) is 22.9 Å². The SMILES string of the molecule is CCCCCCCCCCCCSc1ccc(-n2nc(C(C)(C)C)c(N=Nc3cc4sc(=NCCCC)n(Cc5ccccc5)c4cc3OC(CC)CC)c2N)c(OC)c1. The molecule has 0 aliphatic carbocycles. The Morgan fingerprint density at radius 1 is 0.800 bits per heavy atom. The molecule has 0 radical (unpaired) electrons. The molecule has 0 aliphatic rings. The number of thioether (sulfide) groups is 1. The van der Waals surface area contributed by atoms with Gasteiger partial charge in [0.15, 0.2) is 16.3 Å². The summed E-state index contributed by atoms with van der Waals surface area (Å²) in [6.07, 6.45) is 17.3. The maximum absolute atomic E-state index is 6.98. The Hall–Kier alpha value is -4.09. The summed E-state index contributed by atoms with van der Waals surface area (Å²) in [4.78, 5) is 7.23. The second kappa shape index (κ2) is 23.8. The van der Waals surface area contributed by atoms with E-state index < -0.39 is 0 Å². The van der Waals surface area contributed by atoms with Crippen molar-refractivity contribution in [3.8, 4) is 17.2 Å². The van der Waals surface area contributed by atoms with E-state index in [1.807, 2.05) is 11.8 Å². The van der Waals surface area contributed by atoms with Gasteiger partial charge >= 0.3 is 0 Å². The number of hydrogen-bond acceptors (Lipinski definition) is 9. The summed E-state index contributed by atoms with van der Waals surface area (Å²) >= 11 is 3.56. The average Bonchev–Trinajstić information content (AvgIpc) is 3.76. The third-order valence-corrected chi connectivity index (χ3v) is 13.1. The lowest BCUT2D eigenvalue weighted by atomic mass is 9.91. The minimum absolute atomic E-state index is 0.0350. The molecular weight excluding hydrogens is 783 g/mol. The van der Waals surface area contributed by atoms with Crippen LogP contribution in [-0.2, 0) is 12.0 Å². The largest absolute Gasteiger partial charge is 0.494 e. The molecule has 0 saturated heterocycles. The summed E-state index contributed by atoms with van der Waals surface area (Å²) in [7, 11) is 1.70. The number of methoxy groups -OCH3 is 1. The molecule has 0 saturated carbocycles. The van der Waals surface area contributed by atoms with Crippen LogP contribution in [0.4, 0.5) is 17.2 Å². The number of ether oxygens (including phenoxy) is 2. The van der Waals surface area contributed by atoms with Crippen LogP contribution < -0.4 is 20.0 Å². The smallest absolute Gasteiger partial charge is 0.186 e. The van der Waals surface area contributed by atoms with Crippen LogP contribution in [0.25, 0.3) is 15.9 Å². The van der Waals surface area contributed by atoms with Gasteiger partial charge in [0.05, 0.1) is 35.7 Å². The first kappa shape index (κ1) is 47.0. The normalized spacial score (nSPS) is 12.4. The van der Waals surface area contributed by atoms with Crippen molar-refractivity contribution in [2.45, 2.75) is 161 Å². The van der Waals surface area contributed by atoms with E-state index in [1.165, 1.54) is 74.7 Å². The number of nitrogens with zero attached hydrogens (tertiary/aromatic N) is 6. The molecule has 0 amide bonds. The molecule has 0 unspecified atom stereocenters. The number of benzene rings is 3. The van der Waals surface area contributed by atoms with Crippen LogP contribution in [0, 0.1) is 0 Å². The minimum Gasteiger partial charge on any atom is -0.494 e. The quantitative estimate of drug-likeness (QED) is 0.0358. The zero-order valence-corrected chi connectivity index (χ0v) is 39.4. The molecule has 0 fully saturated rings. The van der Waals surface area contributed by atoms with E-state index in [4.69, 9.17) is 35.5 Å². The van der Waals surface area contributed by atoms with Crippen LogP contribution in [0.2, 0.25) is 0 Å². The molecule has 0 aliphatic heterocycles. The fourth-order valence-corrected chi connectivity index (χ4v) is 9.29. The predicted molar refractivity (Wildman–Crippen MR) is 256 cm³/mol. The Bertz CT molecular complexity index is 2160. The maximum Gasteiger partial charge on any atom is 0.186 e. The van der Waals surface area contributed by atoms with Crippen molar-refractivity contribution in [2.24, 2.45) is 15.2 Å². The highest BCUT2D eigenvalue weighted by atomic mass is 32.2. The van der Waals surface area contributed by atoms with Gasteiger partial charge in [-0.15, -0.1) is 22.0 Å².